The highest BCUT2D eigenvalue weighted by Gasteiger charge is 2.33. The van der Waals surface area contributed by atoms with Crippen molar-refractivity contribution in [3.63, 3.8) is 0 Å². The van der Waals surface area contributed by atoms with E-state index in [1.165, 1.54) is 5.56 Å². The fraction of sp³-hybridized carbons (Fsp3) is 0.500. The lowest BCUT2D eigenvalue weighted by Gasteiger charge is -2.36. The molecule has 4 rings (SSSR count). The Bertz CT molecular complexity index is 713. The maximum Gasteiger partial charge on any atom is 0.230 e. The summed E-state index contributed by atoms with van der Waals surface area (Å²) < 4.78 is 5.91. The van der Waals surface area contributed by atoms with Crippen molar-refractivity contribution in [3.05, 3.63) is 53.3 Å². The van der Waals surface area contributed by atoms with Crippen LogP contribution < -0.4 is 0 Å². The van der Waals surface area contributed by atoms with Gasteiger partial charge in [0.1, 0.15) is 0 Å². The fourth-order valence-corrected chi connectivity index (χ4v) is 4.00. The second kappa shape index (κ2) is 7.40. The van der Waals surface area contributed by atoms with Crippen LogP contribution in [0.15, 0.2) is 36.5 Å². The Hall–Kier alpha value is -2.14. The molecule has 1 N–H and O–H groups in total. The van der Waals surface area contributed by atoms with Crippen molar-refractivity contribution in [2.24, 2.45) is 0 Å². The van der Waals surface area contributed by atoms with E-state index < -0.39 is 0 Å². The predicted octanol–water partition coefficient (Wildman–Crippen LogP) is 2.69. The van der Waals surface area contributed by atoms with Gasteiger partial charge in [-0.05, 0) is 37.7 Å². The standard InChI is InChI=1S/C20H25N3O2/c24-20(17-7-4-8-19-18(17)13-21-22-19)23-11-12-25-16(14-23)10-9-15-5-2-1-3-6-15/h1-3,5-6,13,16-17H,4,7-12,14H2,(H,21,22)/t16-,17+/m1/s1. The minimum absolute atomic E-state index is 0.0321. The number of hydrogen-bond donors (Lipinski definition) is 1. The van der Waals surface area contributed by atoms with Crippen molar-refractivity contribution >= 4 is 5.91 Å². The lowest BCUT2D eigenvalue weighted by molar-refractivity contribution is -0.141. The first-order chi connectivity index (χ1) is 12.3. The number of benzene rings is 1. The van der Waals surface area contributed by atoms with Crippen molar-refractivity contribution in [1.29, 1.82) is 0 Å². The molecule has 1 fully saturated rings. The fourth-order valence-electron chi connectivity index (χ4n) is 4.00. The minimum atomic E-state index is -0.0321. The van der Waals surface area contributed by atoms with Crippen molar-refractivity contribution < 1.29 is 9.53 Å². The quantitative estimate of drug-likeness (QED) is 0.932. The number of nitrogens with zero attached hydrogens (tertiary/aromatic N) is 2. The van der Waals surface area contributed by atoms with Gasteiger partial charge in [-0.1, -0.05) is 30.3 Å². The van der Waals surface area contributed by atoms with Crippen LogP contribution in [-0.2, 0) is 22.4 Å². The summed E-state index contributed by atoms with van der Waals surface area (Å²) >= 11 is 0. The third-order valence-corrected chi connectivity index (χ3v) is 5.39. The Morgan fingerprint density at radius 3 is 3.08 bits per heavy atom. The van der Waals surface area contributed by atoms with E-state index in [0.717, 1.165) is 43.4 Å². The number of morpholine rings is 1. The van der Waals surface area contributed by atoms with Gasteiger partial charge in [0.15, 0.2) is 0 Å². The molecule has 5 heteroatoms. The molecule has 2 aromatic rings. The lowest BCUT2D eigenvalue weighted by atomic mass is 9.86. The van der Waals surface area contributed by atoms with Crippen LogP contribution in [0.25, 0.3) is 0 Å². The number of aryl methyl sites for hydroxylation is 2. The SMILES string of the molecule is O=C([C@H]1CCCc2[nH]ncc21)N1CCO[C@H](CCc2ccccc2)C1. The minimum Gasteiger partial charge on any atom is -0.375 e. The third-order valence-electron chi connectivity index (χ3n) is 5.39. The number of nitrogens with one attached hydrogen (secondary N) is 1. The Balaban J connectivity index is 1.37. The van der Waals surface area contributed by atoms with Gasteiger partial charge in [0.05, 0.1) is 24.8 Å². The van der Waals surface area contributed by atoms with E-state index in [1.54, 1.807) is 0 Å². The lowest BCUT2D eigenvalue weighted by Crippen LogP contribution is -2.47. The summed E-state index contributed by atoms with van der Waals surface area (Å²) in [5, 5.41) is 7.19. The number of rotatable bonds is 4. The van der Waals surface area contributed by atoms with Crippen LogP contribution in [0.2, 0.25) is 0 Å². The van der Waals surface area contributed by atoms with Gasteiger partial charge in [-0.3, -0.25) is 9.89 Å². The predicted molar refractivity (Wildman–Crippen MR) is 95.3 cm³/mol. The van der Waals surface area contributed by atoms with E-state index in [0.29, 0.717) is 19.7 Å². The van der Waals surface area contributed by atoms with Crippen LogP contribution in [0, 0.1) is 0 Å². The summed E-state index contributed by atoms with van der Waals surface area (Å²) in [7, 11) is 0. The number of carbonyl (C=O) groups excluding carboxylic acids is 1. The third kappa shape index (κ3) is 3.61. The topological polar surface area (TPSA) is 58.2 Å². The highest BCUT2D eigenvalue weighted by Crippen LogP contribution is 2.32. The summed E-state index contributed by atoms with van der Waals surface area (Å²) in [5.74, 6) is 0.214. The van der Waals surface area contributed by atoms with Gasteiger partial charge in [-0.15, -0.1) is 0 Å². The summed E-state index contributed by atoms with van der Waals surface area (Å²) in [5.41, 5.74) is 3.56. The zero-order valence-electron chi connectivity index (χ0n) is 14.5. The number of amides is 1. The van der Waals surface area contributed by atoms with E-state index in [-0.39, 0.29) is 17.9 Å². The number of aromatic nitrogens is 2. The maximum atomic E-state index is 13.1. The maximum absolute atomic E-state index is 13.1. The highest BCUT2D eigenvalue weighted by molar-refractivity contribution is 5.84. The molecule has 1 amide bonds. The van der Waals surface area contributed by atoms with E-state index in [1.807, 2.05) is 17.2 Å². The second-order valence-corrected chi connectivity index (χ2v) is 7.05. The first-order valence-corrected chi connectivity index (χ1v) is 9.27. The summed E-state index contributed by atoms with van der Waals surface area (Å²) in [6.07, 6.45) is 6.89. The average Bonchev–Trinajstić information content (AvgIpc) is 3.16. The zero-order valence-corrected chi connectivity index (χ0v) is 14.5. The van der Waals surface area contributed by atoms with Gasteiger partial charge < -0.3 is 9.64 Å². The summed E-state index contributed by atoms with van der Waals surface area (Å²) in [4.78, 5) is 15.1. The van der Waals surface area contributed by atoms with Gasteiger partial charge >= 0.3 is 0 Å². The molecule has 0 bridgehead atoms. The molecule has 5 nitrogen and oxygen atoms in total. The van der Waals surface area contributed by atoms with Crippen molar-refractivity contribution in [2.75, 3.05) is 19.7 Å². The molecule has 1 aromatic heterocycles. The first kappa shape index (κ1) is 16.3. The molecule has 1 saturated heterocycles. The summed E-state index contributed by atoms with van der Waals surface area (Å²) in [6.45, 7) is 2.04. The molecule has 2 aliphatic rings. The highest BCUT2D eigenvalue weighted by atomic mass is 16.5. The van der Waals surface area contributed by atoms with Crippen molar-refractivity contribution in [3.8, 4) is 0 Å². The van der Waals surface area contributed by atoms with E-state index in [2.05, 4.69) is 34.5 Å². The molecular formula is C20H25N3O2. The van der Waals surface area contributed by atoms with Gasteiger partial charge in [0.2, 0.25) is 5.91 Å². The van der Waals surface area contributed by atoms with Crippen LogP contribution in [0.4, 0.5) is 0 Å². The number of carbonyl (C=O) groups is 1. The van der Waals surface area contributed by atoms with Crippen LogP contribution in [0.5, 0.6) is 0 Å². The molecule has 1 aromatic carbocycles. The number of aromatic amines is 1. The largest absolute Gasteiger partial charge is 0.375 e. The molecule has 0 unspecified atom stereocenters. The molecule has 1 aliphatic heterocycles. The molecule has 0 spiro atoms. The first-order valence-electron chi connectivity index (χ1n) is 9.27. The molecule has 0 saturated carbocycles. The normalized spacial score (nSPS) is 23.3. The number of H-pyrrole nitrogens is 1. The van der Waals surface area contributed by atoms with Crippen LogP contribution in [-0.4, -0.2) is 46.8 Å². The van der Waals surface area contributed by atoms with Gasteiger partial charge in [0, 0.05) is 24.3 Å². The Morgan fingerprint density at radius 2 is 2.20 bits per heavy atom. The van der Waals surface area contributed by atoms with Crippen molar-refractivity contribution in [2.45, 2.75) is 44.1 Å². The molecule has 2 heterocycles. The monoisotopic (exact) mass is 339 g/mol. The second-order valence-electron chi connectivity index (χ2n) is 7.05. The smallest absolute Gasteiger partial charge is 0.230 e. The molecule has 25 heavy (non-hydrogen) atoms. The van der Waals surface area contributed by atoms with Crippen LogP contribution in [0.1, 0.15) is 42.0 Å². The van der Waals surface area contributed by atoms with Gasteiger partial charge in [-0.2, -0.15) is 5.10 Å². The van der Waals surface area contributed by atoms with Gasteiger partial charge in [-0.25, -0.2) is 0 Å². The van der Waals surface area contributed by atoms with E-state index in [4.69, 9.17) is 4.74 Å². The zero-order chi connectivity index (χ0) is 17.1. The Labute approximate surface area is 148 Å². The van der Waals surface area contributed by atoms with Crippen LogP contribution >= 0.6 is 0 Å². The number of fused-ring (bicyclic) bond motifs is 1. The molecular weight excluding hydrogens is 314 g/mol. The molecule has 2 atom stereocenters. The Morgan fingerprint density at radius 1 is 1.32 bits per heavy atom. The average molecular weight is 339 g/mol. The summed E-state index contributed by atoms with van der Waals surface area (Å²) in [6, 6.07) is 10.5. The number of ether oxygens (including phenoxy) is 1. The molecule has 1 aliphatic carbocycles. The molecule has 0 radical (unpaired) electrons. The molecule has 132 valence electrons. The number of hydrogen-bond acceptors (Lipinski definition) is 3. The van der Waals surface area contributed by atoms with E-state index in [9.17, 15) is 4.79 Å². The van der Waals surface area contributed by atoms with Crippen molar-refractivity contribution in [1.82, 2.24) is 15.1 Å². The Kier molecular flexibility index (Phi) is 4.83. The van der Waals surface area contributed by atoms with Gasteiger partial charge in [0.25, 0.3) is 0 Å². The van der Waals surface area contributed by atoms with E-state index >= 15 is 0 Å². The van der Waals surface area contributed by atoms with Crippen LogP contribution in [0.3, 0.4) is 0 Å².